The highest BCUT2D eigenvalue weighted by molar-refractivity contribution is 4.85. The predicted octanol–water partition coefficient (Wildman–Crippen LogP) is 5.46. The molecule has 0 aliphatic carbocycles. The van der Waals surface area contributed by atoms with Gasteiger partial charge in [0.25, 0.3) is 0 Å². The van der Waals surface area contributed by atoms with Crippen molar-refractivity contribution >= 4 is 0 Å². The van der Waals surface area contributed by atoms with Crippen LogP contribution in [0.1, 0.15) is 64.7 Å². The normalized spacial score (nSPS) is 11.9. The van der Waals surface area contributed by atoms with Crippen molar-refractivity contribution in [3.63, 3.8) is 0 Å². The maximum Gasteiger partial charge on any atom is -0.0348 e. The van der Waals surface area contributed by atoms with Gasteiger partial charge in [-0.15, -0.1) is 0 Å². The average molecular weight is 207 g/mol. The number of hydrogen-bond donors (Lipinski definition) is 0. The van der Waals surface area contributed by atoms with Crippen LogP contribution in [0.3, 0.4) is 0 Å². The van der Waals surface area contributed by atoms with Crippen LogP contribution in [0, 0.1) is 6.92 Å². The number of rotatable bonds is 10. The molecule has 0 rings (SSSR count). The molecule has 0 N–H and O–H groups in total. The Labute approximate surface area is 96.5 Å². The van der Waals surface area contributed by atoms with Gasteiger partial charge in [0.05, 0.1) is 0 Å². The standard InChI is InChI=1S/C15H27/c1-3-5-7-9-11-13-15-14-12-10-8-6-4-2/h5,7,14-15H,1,3-4,6,8-13H2,2H3. The fourth-order valence-corrected chi connectivity index (χ4v) is 1.51. The van der Waals surface area contributed by atoms with Crippen LogP contribution in [-0.4, -0.2) is 0 Å². The second-order valence-electron chi connectivity index (χ2n) is 4.01. The summed E-state index contributed by atoms with van der Waals surface area (Å²) in [4.78, 5) is 0. The third-order valence-electron chi connectivity index (χ3n) is 2.47. The molecule has 0 atom stereocenters. The minimum atomic E-state index is 0.924. The fourth-order valence-electron chi connectivity index (χ4n) is 1.51. The van der Waals surface area contributed by atoms with Crippen LogP contribution in [-0.2, 0) is 0 Å². The van der Waals surface area contributed by atoms with Gasteiger partial charge in [-0.3, -0.25) is 0 Å². The molecule has 0 saturated heterocycles. The highest BCUT2D eigenvalue weighted by Crippen LogP contribution is 2.04. The molecule has 87 valence electrons. The smallest absolute Gasteiger partial charge is 0.0348 e. The van der Waals surface area contributed by atoms with Gasteiger partial charge < -0.3 is 0 Å². The fraction of sp³-hybridized carbons (Fsp3) is 0.667. The van der Waals surface area contributed by atoms with E-state index in [1.165, 1.54) is 51.4 Å². The zero-order chi connectivity index (χ0) is 11.2. The lowest BCUT2D eigenvalue weighted by Crippen LogP contribution is -1.74. The second kappa shape index (κ2) is 13.5. The van der Waals surface area contributed by atoms with Crippen molar-refractivity contribution in [2.45, 2.75) is 64.7 Å². The maximum atomic E-state index is 3.77. The molecule has 0 aromatic rings. The van der Waals surface area contributed by atoms with Gasteiger partial charge in [0.15, 0.2) is 0 Å². The molecule has 0 bridgehead atoms. The summed E-state index contributed by atoms with van der Waals surface area (Å²) in [5.41, 5.74) is 0. The molecule has 0 aliphatic rings. The van der Waals surface area contributed by atoms with Gasteiger partial charge in [0.2, 0.25) is 0 Å². The SMILES string of the molecule is [CH2]CC=CCCCC=CCCCCCC. The Bertz CT molecular complexity index is 153. The van der Waals surface area contributed by atoms with Crippen molar-refractivity contribution in [2.24, 2.45) is 0 Å². The zero-order valence-electron chi connectivity index (χ0n) is 10.4. The Morgan fingerprint density at radius 1 is 0.733 bits per heavy atom. The van der Waals surface area contributed by atoms with Gasteiger partial charge in [-0.2, -0.15) is 0 Å². The Kier molecular flexibility index (Phi) is 13.0. The van der Waals surface area contributed by atoms with Crippen molar-refractivity contribution < 1.29 is 0 Å². The summed E-state index contributed by atoms with van der Waals surface area (Å²) in [6.45, 7) is 6.03. The molecule has 0 aromatic carbocycles. The van der Waals surface area contributed by atoms with Crippen LogP contribution >= 0.6 is 0 Å². The van der Waals surface area contributed by atoms with E-state index in [2.05, 4.69) is 38.2 Å². The summed E-state index contributed by atoms with van der Waals surface area (Å²) >= 11 is 0. The molecule has 0 heterocycles. The molecular weight excluding hydrogens is 180 g/mol. The first kappa shape index (κ1) is 14.5. The van der Waals surface area contributed by atoms with Crippen LogP contribution in [0.4, 0.5) is 0 Å². The van der Waals surface area contributed by atoms with E-state index in [-0.39, 0.29) is 0 Å². The van der Waals surface area contributed by atoms with Crippen molar-refractivity contribution in [3.05, 3.63) is 31.2 Å². The van der Waals surface area contributed by atoms with Crippen molar-refractivity contribution in [1.29, 1.82) is 0 Å². The van der Waals surface area contributed by atoms with Crippen molar-refractivity contribution in [3.8, 4) is 0 Å². The molecule has 0 aliphatic heterocycles. The topological polar surface area (TPSA) is 0 Å². The zero-order valence-corrected chi connectivity index (χ0v) is 10.4. The third kappa shape index (κ3) is 13.5. The Balaban J connectivity index is 3.07. The summed E-state index contributed by atoms with van der Waals surface area (Å²) in [6, 6.07) is 0. The molecule has 0 amide bonds. The largest absolute Gasteiger partial charge is 0.0885 e. The molecule has 15 heavy (non-hydrogen) atoms. The van der Waals surface area contributed by atoms with Gasteiger partial charge in [-0.05, 0) is 45.4 Å². The van der Waals surface area contributed by atoms with E-state index in [1.54, 1.807) is 0 Å². The Hall–Kier alpha value is -0.520. The second-order valence-corrected chi connectivity index (χ2v) is 4.01. The van der Waals surface area contributed by atoms with E-state index in [4.69, 9.17) is 0 Å². The highest BCUT2D eigenvalue weighted by Gasteiger charge is 1.84. The number of unbranched alkanes of at least 4 members (excludes halogenated alkanes) is 6. The van der Waals surface area contributed by atoms with E-state index in [0.29, 0.717) is 0 Å². The average Bonchev–Trinajstić information content (AvgIpc) is 2.26. The lowest BCUT2D eigenvalue weighted by Gasteiger charge is -1.94. The highest BCUT2D eigenvalue weighted by atomic mass is 13.9. The third-order valence-corrected chi connectivity index (χ3v) is 2.47. The van der Waals surface area contributed by atoms with E-state index in [9.17, 15) is 0 Å². The van der Waals surface area contributed by atoms with Crippen LogP contribution in [0.15, 0.2) is 24.3 Å². The summed E-state index contributed by atoms with van der Waals surface area (Å²) in [5.74, 6) is 0. The molecule has 1 radical (unpaired) electrons. The Morgan fingerprint density at radius 3 is 1.93 bits per heavy atom. The van der Waals surface area contributed by atoms with Crippen LogP contribution in [0.2, 0.25) is 0 Å². The van der Waals surface area contributed by atoms with E-state index in [0.717, 1.165) is 6.42 Å². The minimum Gasteiger partial charge on any atom is -0.0885 e. The quantitative estimate of drug-likeness (QED) is 0.329. The summed E-state index contributed by atoms with van der Waals surface area (Å²) in [5, 5.41) is 0. The molecular formula is C15H27. The first-order valence-corrected chi connectivity index (χ1v) is 6.51. The van der Waals surface area contributed by atoms with Crippen LogP contribution in [0.5, 0.6) is 0 Å². The van der Waals surface area contributed by atoms with Crippen molar-refractivity contribution in [2.75, 3.05) is 0 Å². The first-order chi connectivity index (χ1) is 7.41. The van der Waals surface area contributed by atoms with E-state index < -0.39 is 0 Å². The summed E-state index contributed by atoms with van der Waals surface area (Å²) in [7, 11) is 0. The van der Waals surface area contributed by atoms with Gasteiger partial charge in [-0.25, -0.2) is 0 Å². The lowest BCUT2D eigenvalue weighted by molar-refractivity contribution is 0.673. The van der Waals surface area contributed by atoms with Gasteiger partial charge in [-0.1, -0.05) is 50.5 Å². The minimum absolute atomic E-state index is 0.924. The molecule has 0 aromatic heterocycles. The van der Waals surface area contributed by atoms with Gasteiger partial charge in [0, 0.05) is 0 Å². The molecule has 0 nitrogen and oxygen atoms in total. The van der Waals surface area contributed by atoms with E-state index in [1.807, 2.05) is 0 Å². The van der Waals surface area contributed by atoms with Gasteiger partial charge >= 0.3 is 0 Å². The summed E-state index contributed by atoms with van der Waals surface area (Å²) < 4.78 is 0. The predicted molar refractivity (Wildman–Crippen MR) is 70.9 cm³/mol. The molecule has 0 unspecified atom stereocenters. The molecule has 0 heteroatoms. The summed E-state index contributed by atoms with van der Waals surface area (Å²) in [6.07, 6.45) is 20.5. The molecule has 0 fully saturated rings. The maximum absolute atomic E-state index is 3.77. The Morgan fingerprint density at radius 2 is 1.33 bits per heavy atom. The van der Waals surface area contributed by atoms with Gasteiger partial charge in [0.1, 0.15) is 0 Å². The van der Waals surface area contributed by atoms with Crippen LogP contribution < -0.4 is 0 Å². The number of hydrogen-bond acceptors (Lipinski definition) is 0. The number of allylic oxidation sites excluding steroid dienone is 4. The monoisotopic (exact) mass is 207 g/mol. The molecule has 0 saturated carbocycles. The van der Waals surface area contributed by atoms with Crippen LogP contribution in [0.25, 0.3) is 0 Å². The lowest BCUT2D eigenvalue weighted by atomic mass is 10.1. The van der Waals surface area contributed by atoms with Crippen molar-refractivity contribution in [1.82, 2.24) is 0 Å². The molecule has 0 spiro atoms. The first-order valence-electron chi connectivity index (χ1n) is 6.51. The van der Waals surface area contributed by atoms with E-state index >= 15 is 0 Å².